The maximum absolute atomic E-state index is 6.10. The lowest BCUT2D eigenvalue weighted by atomic mass is 10.0. The van der Waals surface area contributed by atoms with Crippen molar-refractivity contribution in [2.75, 3.05) is 11.9 Å². The number of nitrogens with zero attached hydrogens (tertiary/aromatic N) is 4. The Kier molecular flexibility index (Phi) is 4.41. The molecule has 7 heteroatoms. The lowest BCUT2D eigenvalue weighted by molar-refractivity contribution is 0.307. The molecule has 0 atom stereocenters. The molecule has 6 nitrogen and oxygen atoms in total. The fraction of sp³-hybridized carbons (Fsp3) is 0.136. The van der Waals surface area contributed by atoms with Crippen LogP contribution in [0.5, 0.6) is 5.75 Å². The molecule has 0 aliphatic carbocycles. The summed E-state index contributed by atoms with van der Waals surface area (Å²) in [5.74, 6) is 2.23. The van der Waals surface area contributed by atoms with E-state index in [0.29, 0.717) is 24.1 Å². The molecular weight excluding hydrogens is 386 g/mol. The first-order chi connectivity index (χ1) is 14.2. The number of aromatic nitrogens is 4. The Morgan fingerprint density at radius 2 is 1.93 bits per heavy atom. The number of rotatable bonds is 3. The first-order valence-corrected chi connectivity index (χ1v) is 9.71. The van der Waals surface area contributed by atoms with Gasteiger partial charge in [0, 0.05) is 22.6 Å². The van der Waals surface area contributed by atoms with Gasteiger partial charge in [-0.15, -0.1) is 10.2 Å². The van der Waals surface area contributed by atoms with Gasteiger partial charge in [0.05, 0.1) is 12.1 Å². The summed E-state index contributed by atoms with van der Waals surface area (Å²) in [7, 11) is 0. The lowest BCUT2D eigenvalue weighted by Gasteiger charge is -2.09. The van der Waals surface area contributed by atoms with Gasteiger partial charge in [0.25, 0.3) is 0 Å². The van der Waals surface area contributed by atoms with Gasteiger partial charge in [-0.25, -0.2) is 0 Å². The number of ether oxygens (including phenoxy) is 1. The largest absolute Gasteiger partial charge is 0.491 e. The van der Waals surface area contributed by atoms with E-state index in [-0.39, 0.29) is 0 Å². The molecule has 0 spiro atoms. The smallest absolute Gasteiger partial charge is 0.229 e. The molecule has 0 saturated carbocycles. The highest BCUT2D eigenvalue weighted by molar-refractivity contribution is 6.30. The second kappa shape index (κ2) is 7.22. The van der Waals surface area contributed by atoms with Crippen LogP contribution in [0, 0.1) is 6.92 Å². The third kappa shape index (κ3) is 3.43. The zero-order valence-corrected chi connectivity index (χ0v) is 16.5. The molecule has 1 aliphatic heterocycles. The van der Waals surface area contributed by atoms with Gasteiger partial charge in [-0.1, -0.05) is 23.7 Å². The Hall–Kier alpha value is -3.38. The Bertz CT molecular complexity index is 1200. The second-order valence-corrected chi connectivity index (χ2v) is 7.32. The van der Waals surface area contributed by atoms with E-state index in [0.717, 1.165) is 39.6 Å². The van der Waals surface area contributed by atoms with Crippen molar-refractivity contribution in [3.63, 3.8) is 0 Å². The third-order valence-corrected chi connectivity index (χ3v) is 5.09. The number of pyridine rings is 1. The van der Waals surface area contributed by atoms with Crippen LogP contribution in [-0.4, -0.2) is 26.4 Å². The Morgan fingerprint density at radius 1 is 1.03 bits per heavy atom. The zero-order chi connectivity index (χ0) is 19.8. The maximum Gasteiger partial charge on any atom is 0.229 e. The molecule has 1 aliphatic rings. The number of nitrogens with one attached hydrogen (secondary N) is 1. The number of halogens is 1. The maximum atomic E-state index is 6.10. The van der Waals surface area contributed by atoms with Crippen LogP contribution in [-0.2, 0) is 6.54 Å². The summed E-state index contributed by atoms with van der Waals surface area (Å²) < 4.78 is 8.01. The van der Waals surface area contributed by atoms with Gasteiger partial charge < -0.3 is 10.1 Å². The van der Waals surface area contributed by atoms with E-state index in [1.54, 1.807) is 0 Å². The average molecular weight is 404 g/mol. The van der Waals surface area contributed by atoms with Crippen LogP contribution in [0.15, 0.2) is 60.8 Å². The van der Waals surface area contributed by atoms with Crippen molar-refractivity contribution < 1.29 is 4.74 Å². The summed E-state index contributed by atoms with van der Waals surface area (Å²) >= 11 is 6.10. The van der Waals surface area contributed by atoms with Crippen molar-refractivity contribution in [1.82, 2.24) is 19.7 Å². The fourth-order valence-electron chi connectivity index (χ4n) is 3.48. The molecule has 3 heterocycles. The quantitative estimate of drug-likeness (QED) is 0.515. The average Bonchev–Trinajstić information content (AvgIpc) is 3.00. The van der Waals surface area contributed by atoms with Crippen LogP contribution in [0.3, 0.4) is 0 Å². The van der Waals surface area contributed by atoms with Gasteiger partial charge in [-0.2, -0.15) is 0 Å². The Labute approximate surface area is 173 Å². The molecule has 0 saturated heterocycles. The minimum atomic E-state index is 0.538. The van der Waals surface area contributed by atoms with Crippen molar-refractivity contribution in [2.24, 2.45) is 0 Å². The van der Waals surface area contributed by atoms with Crippen molar-refractivity contribution in [3.8, 4) is 28.3 Å². The number of aryl methyl sites for hydroxylation is 1. The number of hydrogen-bond acceptors (Lipinski definition) is 5. The highest BCUT2D eigenvalue weighted by Crippen LogP contribution is 2.36. The van der Waals surface area contributed by atoms with E-state index in [2.05, 4.69) is 38.7 Å². The summed E-state index contributed by atoms with van der Waals surface area (Å²) in [6.45, 7) is 3.17. The molecule has 0 fully saturated rings. The molecule has 2 aromatic heterocycles. The Balaban J connectivity index is 1.57. The second-order valence-electron chi connectivity index (χ2n) is 6.88. The highest BCUT2D eigenvalue weighted by atomic mass is 35.5. The normalized spacial score (nSPS) is 12.5. The number of hydrogen-bond donors (Lipinski definition) is 1. The first kappa shape index (κ1) is 17.7. The lowest BCUT2D eigenvalue weighted by Crippen LogP contribution is -2.09. The van der Waals surface area contributed by atoms with E-state index in [1.165, 1.54) is 0 Å². The predicted molar refractivity (Wildman–Crippen MR) is 114 cm³/mol. The number of anilines is 2. The van der Waals surface area contributed by atoms with Crippen LogP contribution < -0.4 is 10.1 Å². The summed E-state index contributed by atoms with van der Waals surface area (Å²) in [6.07, 6.45) is 1.82. The molecule has 29 heavy (non-hydrogen) atoms. The van der Waals surface area contributed by atoms with Gasteiger partial charge in [-0.05, 0) is 60.5 Å². The molecule has 0 radical (unpaired) electrons. The van der Waals surface area contributed by atoms with Crippen molar-refractivity contribution in [3.05, 3.63) is 71.5 Å². The minimum absolute atomic E-state index is 0.538. The van der Waals surface area contributed by atoms with E-state index >= 15 is 0 Å². The molecule has 1 N–H and O–H groups in total. The van der Waals surface area contributed by atoms with Gasteiger partial charge >= 0.3 is 0 Å². The molecule has 2 aromatic carbocycles. The Morgan fingerprint density at radius 3 is 2.79 bits per heavy atom. The van der Waals surface area contributed by atoms with Crippen LogP contribution in [0.25, 0.3) is 22.5 Å². The van der Waals surface area contributed by atoms with Gasteiger partial charge in [0.2, 0.25) is 5.95 Å². The number of benzene rings is 2. The molecular formula is C22H18ClN5O. The number of fused-ring (bicyclic) bond motifs is 3. The van der Waals surface area contributed by atoms with Gasteiger partial charge in [0.15, 0.2) is 5.82 Å². The summed E-state index contributed by atoms with van der Waals surface area (Å²) in [4.78, 5) is 4.28. The van der Waals surface area contributed by atoms with E-state index in [1.807, 2.05) is 54.1 Å². The van der Waals surface area contributed by atoms with Crippen LogP contribution >= 0.6 is 11.6 Å². The molecule has 0 unspecified atom stereocenters. The van der Waals surface area contributed by atoms with Crippen LogP contribution in [0.4, 0.5) is 11.6 Å². The summed E-state index contributed by atoms with van der Waals surface area (Å²) in [5, 5.41) is 12.8. The van der Waals surface area contributed by atoms with Crippen molar-refractivity contribution in [1.29, 1.82) is 0 Å². The van der Waals surface area contributed by atoms with E-state index < -0.39 is 0 Å². The monoisotopic (exact) mass is 403 g/mol. The SMILES string of the molecule is Cc1cc(-c2ccc3c(c2)-c2nnc(Nc4cccc(Cl)c4)n2CCO3)ccn1. The standard InChI is InChI=1S/C22H18ClN5O/c1-14-11-16(7-8-24-14)15-5-6-20-19(12-15)21-26-27-22(28(21)9-10-29-20)25-18-4-2-3-17(23)13-18/h2-8,11-13H,9-10H2,1H3,(H,25,27). The van der Waals surface area contributed by atoms with Crippen molar-refractivity contribution >= 4 is 23.2 Å². The van der Waals surface area contributed by atoms with Gasteiger partial charge in [-0.3, -0.25) is 9.55 Å². The fourth-order valence-corrected chi connectivity index (χ4v) is 3.67. The van der Waals surface area contributed by atoms with Crippen molar-refractivity contribution in [2.45, 2.75) is 13.5 Å². The topological polar surface area (TPSA) is 64.9 Å². The molecule has 4 aromatic rings. The van der Waals surface area contributed by atoms with Crippen LogP contribution in [0.2, 0.25) is 5.02 Å². The first-order valence-electron chi connectivity index (χ1n) is 9.33. The minimum Gasteiger partial charge on any atom is -0.491 e. The molecule has 0 bridgehead atoms. The van der Waals surface area contributed by atoms with E-state index in [4.69, 9.17) is 16.3 Å². The molecule has 0 amide bonds. The molecule has 5 rings (SSSR count). The summed E-state index contributed by atoms with van der Waals surface area (Å²) in [6, 6.07) is 17.7. The third-order valence-electron chi connectivity index (χ3n) is 4.85. The van der Waals surface area contributed by atoms with E-state index in [9.17, 15) is 0 Å². The predicted octanol–water partition coefficient (Wildman–Crippen LogP) is 5.10. The van der Waals surface area contributed by atoms with Gasteiger partial charge in [0.1, 0.15) is 12.4 Å². The summed E-state index contributed by atoms with van der Waals surface area (Å²) in [5.41, 5.74) is 4.94. The molecule has 144 valence electrons. The highest BCUT2D eigenvalue weighted by Gasteiger charge is 2.21. The zero-order valence-electron chi connectivity index (χ0n) is 15.8. The van der Waals surface area contributed by atoms with Crippen LogP contribution in [0.1, 0.15) is 5.69 Å².